The number of sulfone groups is 1. The molecule has 0 aliphatic carbocycles. The summed E-state index contributed by atoms with van der Waals surface area (Å²) in [5.41, 5.74) is 5.99. The first-order valence-electron chi connectivity index (χ1n) is 5.13. The molecule has 2 aromatic rings. The van der Waals surface area contributed by atoms with Crippen molar-refractivity contribution in [3.63, 3.8) is 0 Å². The van der Waals surface area contributed by atoms with Gasteiger partial charge in [-0.2, -0.15) is 0 Å². The van der Waals surface area contributed by atoms with Crippen molar-refractivity contribution in [2.75, 3.05) is 18.2 Å². The van der Waals surface area contributed by atoms with Crippen LogP contribution in [-0.2, 0) is 9.84 Å². The Bertz CT molecular complexity index is 726. The van der Waals surface area contributed by atoms with Gasteiger partial charge in [0.2, 0.25) is 0 Å². The van der Waals surface area contributed by atoms with Crippen LogP contribution in [-0.4, -0.2) is 26.1 Å². The summed E-state index contributed by atoms with van der Waals surface area (Å²) in [5, 5.41) is 3.91. The largest absolute Gasteiger partial charge is 0.381 e. The topological polar surface area (TPSA) is 86.2 Å². The Kier molecular flexibility index (Phi) is 3.80. The molecule has 1 aromatic carbocycles. The first-order valence-corrected chi connectivity index (χ1v) is 8.62. The van der Waals surface area contributed by atoms with Crippen LogP contribution in [0.25, 0.3) is 11.3 Å². The smallest absolute Gasteiger partial charge is 0.176 e. The third-order valence-corrected chi connectivity index (χ3v) is 4.93. The molecule has 8 heteroatoms. The van der Waals surface area contributed by atoms with Gasteiger partial charge in [0.1, 0.15) is 0 Å². The van der Waals surface area contributed by atoms with Crippen LogP contribution in [0.3, 0.4) is 0 Å². The van der Waals surface area contributed by atoms with Crippen molar-refractivity contribution < 1.29 is 12.9 Å². The Balaban J connectivity index is 2.70. The van der Waals surface area contributed by atoms with E-state index < -0.39 is 9.84 Å². The van der Waals surface area contributed by atoms with Gasteiger partial charge in [0, 0.05) is 22.8 Å². The number of nitrogen functional groups attached to an aromatic ring is 1. The summed E-state index contributed by atoms with van der Waals surface area (Å²) in [6.07, 6.45) is 2.90. The molecule has 0 unspecified atom stereocenters. The van der Waals surface area contributed by atoms with E-state index in [1.165, 1.54) is 23.9 Å². The van der Waals surface area contributed by atoms with Crippen molar-refractivity contribution in [1.29, 1.82) is 0 Å². The second-order valence-electron chi connectivity index (χ2n) is 3.88. The highest BCUT2D eigenvalue weighted by Gasteiger charge is 2.19. The Labute approximate surface area is 120 Å². The van der Waals surface area contributed by atoms with E-state index in [4.69, 9.17) is 21.9 Å². The molecule has 5 nitrogen and oxygen atoms in total. The number of hydrogen-bond acceptors (Lipinski definition) is 6. The lowest BCUT2D eigenvalue weighted by Crippen LogP contribution is -2.00. The molecular formula is C11H11ClN2O3S2. The number of thioether (sulfide) groups is 1. The van der Waals surface area contributed by atoms with E-state index in [1.807, 2.05) is 0 Å². The van der Waals surface area contributed by atoms with Crippen LogP contribution in [0.1, 0.15) is 0 Å². The van der Waals surface area contributed by atoms with Crippen LogP contribution >= 0.6 is 23.4 Å². The molecule has 19 heavy (non-hydrogen) atoms. The van der Waals surface area contributed by atoms with Gasteiger partial charge in [-0.25, -0.2) is 8.42 Å². The Morgan fingerprint density at radius 1 is 1.37 bits per heavy atom. The number of benzene rings is 1. The highest BCUT2D eigenvalue weighted by Crippen LogP contribution is 2.36. The lowest BCUT2D eigenvalue weighted by Gasteiger charge is -2.09. The zero-order valence-corrected chi connectivity index (χ0v) is 12.6. The first-order chi connectivity index (χ1) is 8.82. The van der Waals surface area contributed by atoms with Crippen LogP contribution in [0.4, 0.5) is 5.82 Å². The monoisotopic (exact) mass is 318 g/mol. The third-order valence-electron chi connectivity index (χ3n) is 2.43. The summed E-state index contributed by atoms with van der Waals surface area (Å²) in [7, 11) is -3.39. The van der Waals surface area contributed by atoms with Crippen LogP contribution < -0.4 is 5.73 Å². The maximum atomic E-state index is 11.8. The fourth-order valence-electron chi connectivity index (χ4n) is 1.61. The van der Waals surface area contributed by atoms with E-state index in [2.05, 4.69) is 5.16 Å². The maximum absolute atomic E-state index is 11.8. The summed E-state index contributed by atoms with van der Waals surface area (Å²) in [6, 6.07) is 4.64. The van der Waals surface area contributed by atoms with Crippen molar-refractivity contribution >= 4 is 39.0 Å². The Morgan fingerprint density at radius 3 is 2.53 bits per heavy atom. The van der Waals surface area contributed by atoms with Gasteiger partial charge >= 0.3 is 0 Å². The van der Waals surface area contributed by atoms with Gasteiger partial charge < -0.3 is 10.3 Å². The standard InChI is InChI=1S/C11H11ClN2O3S2/c1-18-11-7(12)3-6(4-9(11)19(2,15)16)8-5-10(13)14-17-8/h3-5H,1-2H3,(H2,13,14). The molecule has 0 atom stereocenters. The van der Waals surface area contributed by atoms with Crippen LogP contribution in [0.5, 0.6) is 0 Å². The van der Waals surface area contributed by atoms with Gasteiger partial charge in [-0.1, -0.05) is 16.8 Å². The van der Waals surface area contributed by atoms with Gasteiger partial charge in [-0.15, -0.1) is 11.8 Å². The number of anilines is 1. The molecule has 0 saturated carbocycles. The van der Waals surface area contributed by atoms with Gasteiger partial charge in [0.25, 0.3) is 0 Å². The highest BCUT2D eigenvalue weighted by molar-refractivity contribution is 7.99. The van der Waals surface area contributed by atoms with E-state index in [0.29, 0.717) is 21.2 Å². The van der Waals surface area contributed by atoms with Crippen LogP contribution in [0, 0.1) is 0 Å². The predicted octanol–water partition coefficient (Wildman–Crippen LogP) is 2.70. The minimum absolute atomic E-state index is 0.164. The van der Waals surface area contributed by atoms with Gasteiger partial charge in [0.15, 0.2) is 21.4 Å². The molecule has 1 heterocycles. The van der Waals surface area contributed by atoms with E-state index in [0.717, 1.165) is 6.26 Å². The predicted molar refractivity (Wildman–Crippen MR) is 76.3 cm³/mol. The Hall–Kier alpha value is -1.18. The summed E-state index contributed by atoms with van der Waals surface area (Å²) >= 11 is 7.39. The van der Waals surface area contributed by atoms with Crippen LogP contribution in [0.15, 0.2) is 32.5 Å². The number of aromatic nitrogens is 1. The number of hydrogen-bond donors (Lipinski definition) is 1. The lowest BCUT2D eigenvalue weighted by atomic mass is 10.2. The van der Waals surface area contributed by atoms with Crippen molar-refractivity contribution in [2.45, 2.75) is 9.79 Å². The molecule has 0 amide bonds. The molecule has 1 aromatic heterocycles. The van der Waals surface area contributed by atoms with Crippen molar-refractivity contribution in [2.24, 2.45) is 0 Å². The number of halogens is 1. The van der Waals surface area contributed by atoms with Gasteiger partial charge in [-0.05, 0) is 18.4 Å². The van der Waals surface area contributed by atoms with Gasteiger partial charge in [0.05, 0.1) is 9.92 Å². The molecule has 0 radical (unpaired) electrons. The Morgan fingerprint density at radius 2 is 2.05 bits per heavy atom. The molecule has 2 rings (SSSR count). The van der Waals surface area contributed by atoms with Crippen molar-refractivity contribution in [3.8, 4) is 11.3 Å². The van der Waals surface area contributed by atoms with Crippen LogP contribution in [0.2, 0.25) is 5.02 Å². The zero-order chi connectivity index (χ0) is 14.2. The molecule has 0 spiro atoms. The third kappa shape index (κ3) is 2.88. The molecule has 102 valence electrons. The zero-order valence-electron chi connectivity index (χ0n) is 10.2. The second kappa shape index (κ2) is 5.07. The normalized spacial score (nSPS) is 11.7. The quantitative estimate of drug-likeness (QED) is 0.876. The molecule has 2 N–H and O–H groups in total. The molecule has 0 fully saturated rings. The molecule has 0 aliphatic rings. The SMILES string of the molecule is CSc1c(Cl)cc(-c2cc(N)no2)cc1S(C)(=O)=O. The summed E-state index contributed by atoms with van der Waals surface area (Å²) in [5.74, 6) is 0.595. The van der Waals surface area contributed by atoms with Crippen molar-refractivity contribution in [1.82, 2.24) is 5.16 Å². The number of rotatable bonds is 3. The average molecular weight is 319 g/mol. The van der Waals surface area contributed by atoms with Crippen molar-refractivity contribution in [3.05, 3.63) is 23.2 Å². The van der Waals surface area contributed by atoms with E-state index in [1.54, 1.807) is 12.3 Å². The molecule has 0 saturated heterocycles. The number of nitrogens with zero attached hydrogens (tertiary/aromatic N) is 1. The molecular weight excluding hydrogens is 308 g/mol. The average Bonchev–Trinajstić information content (AvgIpc) is 2.73. The minimum atomic E-state index is -3.39. The van der Waals surface area contributed by atoms with E-state index >= 15 is 0 Å². The lowest BCUT2D eigenvalue weighted by molar-refractivity contribution is 0.435. The fourth-order valence-corrected chi connectivity index (χ4v) is 4.12. The second-order valence-corrected chi connectivity index (χ2v) is 7.09. The van der Waals surface area contributed by atoms with E-state index in [-0.39, 0.29) is 10.7 Å². The summed E-state index contributed by atoms with van der Waals surface area (Å²) < 4.78 is 28.6. The van der Waals surface area contributed by atoms with E-state index in [9.17, 15) is 8.42 Å². The molecule has 0 bridgehead atoms. The minimum Gasteiger partial charge on any atom is -0.381 e. The van der Waals surface area contributed by atoms with Gasteiger partial charge in [-0.3, -0.25) is 0 Å². The fraction of sp³-hybridized carbons (Fsp3) is 0.182. The first kappa shape index (κ1) is 14.2. The summed E-state index contributed by atoms with van der Waals surface area (Å²) in [6.45, 7) is 0. The number of nitrogens with two attached hydrogens (primary N) is 1. The highest BCUT2D eigenvalue weighted by atomic mass is 35.5. The maximum Gasteiger partial charge on any atom is 0.176 e. The summed E-state index contributed by atoms with van der Waals surface area (Å²) in [4.78, 5) is 0.679. The molecule has 0 aliphatic heterocycles.